The first-order valence-corrected chi connectivity index (χ1v) is 8.74. The Morgan fingerprint density at radius 1 is 1.17 bits per heavy atom. The van der Waals surface area contributed by atoms with Crippen LogP contribution in [0.2, 0.25) is 0 Å². The van der Waals surface area contributed by atoms with E-state index in [1.54, 1.807) is 10.4 Å². The van der Waals surface area contributed by atoms with Crippen LogP contribution in [0.5, 0.6) is 0 Å². The van der Waals surface area contributed by atoms with Gasteiger partial charge in [0.05, 0.1) is 17.2 Å². The van der Waals surface area contributed by atoms with Crippen LogP contribution in [-0.2, 0) is 11.2 Å². The summed E-state index contributed by atoms with van der Waals surface area (Å²) in [5.74, 6) is -0.104. The number of fused-ring (bicyclic) bond motifs is 1. The minimum Gasteiger partial charge on any atom is -0.305 e. The Kier molecular flexibility index (Phi) is 3.41. The minimum absolute atomic E-state index is 0.0133. The second-order valence-electron chi connectivity index (χ2n) is 5.84. The van der Waals surface area contributed by atoms with Crippen molar-refractivity contribution >= 4 is 28.3 Å². The van der Waals surface area contributed by atoms with Crippen molar-refractivity contribution in [3.8, 4) is 0 Å². The van der Waals surface area contributed by atoms with Gasteiger partial charge in [0.2, 0.25) is 0 Å². The molecular weight excluding hydrogens is 310 g/mol. The van der Waals surface area contributed by atoms with Crippen molar-refractivity contribution in [1.82, 2.24) is 9.88 Å². The molecule has 118 valence electrons. The molecule has 2 aliphatic heterocycles. The first-order valence-electron chi connectivity index (χ1n) is 7.86. The molecule has 0 unspecified atom stereocenters. The molecule has 0 N–H and O–H groups in total. The number of hydrogen-bond acceptors (Lipinski definition) is 4. The van der Waals surface area contributed by atoms with Gasteiger partial charge in [-0.3, -0.25) is 4.79 Å². The standard InChI is InChI=1S/C17H17N3O2S/c1-2-12-16(23-10-18-12)20-15(21)14-9-8-13(19(14)17(20)22)11-6-4-3-5-7-11/h3-7,10,13-14H,2,8-9H2,1H3/t13-,14-/m0/s1. The van der Waals surface area contributed by atoms with E-state index in [9.17, 15) is 9.59 Å². The first-order chi connectivity index (χ1) is 11.2. The maximum Gasteiger partial charge on any atom is 0.333 e. The maximum atomic E-state index is 13.0. The monoisotopic (exact) mass is 327 g/mol. The number of benzene rings is 1. The number of rotatable bonds is 3. The molecule has 5 nitrogen and oxygen atoms in total. The van der Waals surface area contributed by atoms with Crippen molar-refractivity contribution in [2.24, 2.45) is 0 Å². The Morgan fingerprint density at radius 3 is 2.65 bits per heavy atom. The number of carbonyl (C=O) groups is 2. The average molecular weight is 327 g/mol. The van der Waals surface area contributed by atoms with Gasteiger partial charge < -0.3 is 4.90 Å². The van der Waals surface area contributed by atoms with Crippen molar-refractivity contribution in [3.05, 3.63) is 47.1 Å². The molecule has 1 aromatic carbocycles. The zero-order valence-electron chi connectivity index (χ0n) is 12.8. The smallest absolute Gasteiger partial charge is 0.305 e. The molecule has 0 bridgehead atoms. The summed E-state index contributed by atoms with van der Waals surface area (Å²) in [5, 5.41) is 0.684. The Morgan fingerprint density at radius 2 is 1.91 bits per heavy atom. The minimum atomic E-state index is -0.334. The summed E-state index contributed by atoms with van der Waals surface area (Å²) in [5.41, 5.74) is 3.61. The molecular formula is C17H17N3O2S. The number of amides is 3. The Labute approximate surface area is 138 Å². The number of aromatic nitrogens is 1. The highest BCUT2D eigenvalue weighted by Gasteiger charge is 2.53. The van der Waals surface area contributed by atoms with Crippen LogP contribution in [0.3, 0.4) is 0 Å². The van der Waals surface area contributed by atoms with Gasteiger partial charge in [-0.15, -0.1) is 11.3 Å². The van der Waals surface area contributed by atoms with Crippen molar-refractivity contribution in [2.75, 3.05) is 4.90 Å². The predicted octanol–water partition coefficient (Wildman–Crippen LogP) is 3.38. The van der Waals surface area contributed by atoms with Gasteiger partial charge >= 0.3 is 6.03 Å². The third kappa shape index (κ3) is 2.09. The third-order valence-electron chi connectivity index (χ3n) is 4.64. The van der Waals surface area contributed by atoms with Gasteiger partial charge in [0.25, 0.3) is 5.91 Å². The van der Waals surface area contributed by atoms with Gasteiger partial charge in [0, 0.05) is 0 Å². The largest absolute Gasteiger partial charge is 0.333 e. The van der Waals surface area contributed by atoms with Gasteiger partial charge in [-0.25, -0.2) is 14.7 Å². The van der Waals surface area contributed by atoms with E-state index in [4.69, 9.17) is 0 Å². The van der Waals surface area contributed by atoms with Crippen LogP contribution in [0.4, 0.5) is 9.80 Å². The van der Waals surface area contributed by atoms with Crippen LogP contribution < -0.4 is 4.90 Å². The fourth-order valence-electron chi connectivity index (χ4n) is 3.56. The number of urea groups is 1. The fraction of sp³-hybridized carbons (Fsp3) is 0.353. The Hall–Kier alpha value is -2.21. The van der Waals surface area contributed by atoms with E-state index in [2.05, 4.69) is 4.98 Å². The molecule has 2 atom stereocenters. The zero-order chi connectivity index (χ0) is 16.0. The van der Waals surface area contributed by atoms with Crippen LogP contribution in [0.1, 0.15) is 37.1 Å². The van der Waals surface area contributed by atoms with Crippen LogP contribution in [-0.4, -0.2) is 27.9 Å². The number of nitrogens with zero attached hydrogens (tertiary/aromatic N) is 3. The number of carbonyl (C=O) groups excluding carboxylic acids is 2. The summed E-state index contributed by atoms with van der Waals surface area (Å²) in [6.07, 6.45) is 2.27. The van der Waals surface area contributed by atoms with Crippen LogP contribution in [0, 0.1) is 0 Å². The summed E-state index contributed by atoms with van der Waals surface area (Å²) in [7, 11) is 0. The molecule has 2 aliphatic rings. The average Bonchev–Trinajstić information content (AvgIpc) is 3.26. The van der Waals surface area contributed by atoms with Crippen LogP contribution >= 0.6 is 11.3 Å². The molecule has 6 heteroatoms. The fourth-order valence-corrected chi connectivity index (χ4v) is 4.44. The predicted molar refractivity (Wildman–Crippen MR) is 88.4 cm³/mol. The lowest BCUT2D eigenvalue weighted by molar-refractivity contribution is -0.119. The molecule has 2 fully saturated rings. The molecule has 4 rings (SSSR count). The Bertz CT molecular complexity index is 758. The van der Waals surface area contributed by atoms with E-state index in [1.807, 2.05) is 37.3 Å². The van der Waals surface area contributed by atoms with E-state index in [0.717, 1.165) is 24.1 Å². The van der Waals surface area contributed by atoms with Gasteiger partial charge in [-0.05, 0) is 24.8 Å². The van der Waals surface area contributed by atoms with Gasteiger partial charge in [-0.1, -0.05) is 37.3 Å². The van der Waals surface area contributed by atoms with Crippen LogP contribution in [0.25, 0.3) is 0 Å². The molecule has 3 heterocycles. The molecule has 1 aromatic heterocycles. The number of aryl methyl sites for hydroxylation is 1. The molecule has 0 saturated carbocycles. The second-order valence-corrected chi connectivity index (χ2v) is 6.67. The maximum absolute atomic E-state index is 13.0. The molecule has 0 spiro atoms. The summed E-state index contributed by atoms with van der Waals surface area (Å²) in [4.78, 5) is 33.1. The summed E-state index contributed by atoms with van der Waals surface area (Å²) in [6, 6.07) is 9.41. The summed E-state index contributed by atoms with van der Waals surface area (Å²) >= 11 is 1.36. The van der Waals surface area contributed by atoms with E-state index < -0.39 is 0 Å². The number of hydrogen-bond donors (Lipinski definition) is 0. The lowest BCUT2D eigenvalue weighted by Gasteiger charge is -2.23. The van der Waals surface area contributed by atoms with Gasteiger partial charge in [0.1, 0.15) is 11.0 Å². The van der Waals surface area contributed by atoms with Crippen molar-refractivity contribution in [1.29, 1.82) is 0 Å². The highest BCUT2D eigenvalue weighted by molar-refractivity contribution is 7.14. The van der Waals surface area contributed by atoms with Crippen molar-refractivity contribution < 1.29 is 9.59 Å². The zero-order valence-corrected chi connectivity index (χ0v) is 13.6. The number of imide groups is 1. The SMILES string of the molecule is CCc1ncsc1N1C(=O)[C@@H]2CC[C@@H](c3ccccc3)N2C1=O. The lowest BCUT2D eigenvalue weighted by atomic mass is 10.0. The summed E-state index contributed by atoms with van der Waals surface area (Å²) in [6.45, 7) is 1.98. The van der Waals surface area contributed by atoms with E-state index in [-0.39, 0.29) is 24.0 Å². The summed E-state index contributed by atoms with van der Waals surface area (Å²) < 4.78 is 0. The Balaban J connectivity index is 1.71. The number of thiazole rings is 1. The number of anilines is 1. The third-order valence-corrected chi connectivity index (χ3v) is 5.50. The molecule has 2 saturated heterocycles. The molecule has 3 amide bonds. The second kappa shape index (κ2) is 5.45. The molecule has 0 aliphatic carbocycles. The lowest BCUT2D eigenvalue weighted by Crippen LogP contribution is -2.34. The van der Waals surface area contributed by atoms with E-state index in [1.165, 1.54) is 16.2 Å². The molecule has 0 radical (unpaired) electrons. The van der Waals surface area contributed by atoms with E-state index in [0.29, 0.717) is 11.4 Å². The first kappa shape index (κ1) is 14.4. The highest BCUT2D eigenvalue weighted by Crippen LogP contribution is 2.43. The highest BCUT2D eigenvalue weighted by atomic mass is 32.1. The molecule has 2 aromatic rings. The van der Waals surface area contributed by atoms with Crippen molar-refractivity contribution in [2.45, 2.75) is 38.3 Å². The normalized spacial score (nSPS) is 23.7. The van der Waals surface area contributed by atoms with Gasteiger partial charge in [0.15, 0.2) is 0 Å². The van der Waals surface area contributed by atoms with Crippen molar-refractivity contribution in [3.63, 3.8) is 0 Å². The topological polar surface area (TPSA) is 53.5 Å². The van der Waals surface area contributed by atoms with E-state index >= 15 is 0 Å². The quantitative estimate of drug-likeness (QED) is 0.812. The molecule has 23 heavy (non-hydrogen) atoms. The van der Waals surface area contributed by atoms with Crippen LogP contribution in [0.15, 0.2) is 35.8 Å². The van der Waals surface area contributed by atoms with Gasteiger partial charge in [-0.2, -0.15) is 0 Å².